The average Bonchev–Trinajstić information content (AvgIpc) is 3.89. The summed E-state index contributed by atoms with van der Waals surface area (Å²) in [5.41, 5.74) is 11.4. The number of amides is 1. The maximum atomic E-state index is 12.2. The van der Waals surface area contributed by atoms with Crippen LogP contribution >= 0.6 is 7.92 Å². The highest BCUT2D eigenvalue weighted by Gasteiger charge is 2.43. The van der Waals surface area contributed by atoms with E-state index in [0.717, 1.165) is 22.6 Å². The van der Waals surface area contributed by atoms with Gasteiger partial charge in [-0.25, -0.2) is 0 Å². The van der Waals surface area contributed by atoms with E-state index in [1.54, 1.807) is 38.5 Å². The number of anilines is 4. The fourth-order valence-electron chi connectivity index (χ4n) is 4.87. The van der Waals surface area contributed by atoms with Crippen LogP contribution in [0.2, 0.25) is 0 Å². The monoisotopic (exact) mass is 558 g/mol. The number of primary amides is 1. The number of hydrogen-bond acceptors (Lipinski definition) is 9. The van der Waals surface area contributed by atoms with Crippen molar-refractivity contribution in [2.24, 2.45) is 12.8 Å². The molecule has 1 aromatic carbocycles. The van der Waals surface area contributed by atoms with Gasteiger partial charge < -0.3 is 25.8 Å². The molecule has 4 aromatic rings. The predicted molar refractivity (Wildman–Crippen MR) is 156 cm³/mol. The first kappa shape index (κ1) is 26.0. The van der Waals surface area contributed by atoms with E-state index in [0.29, 0.717) is 34.6 Å². The number of carbonyl (C=O) groups excluding carboxylic acids is 1. The molecule has 3 aromatic heterocycles. The third kappa shape index (κ3) is 5.29. The van der Waals surface area contributed by atoms with Crippen LogP contribution in [0.5, 0.6) is 11.6 Å². The Morgan fingerprint density at radius 1 is 0.950 bits per heavy atom. The lowest BCUT2D eigenvalue weighted by Gasteiger charge is -2.16. The Kier molecular flexibility index (Phi) is 6.98. The molecule has 0 radical (unpaired) electrons. The van der Waals surface area contributed by atoms with Gasteiger partial charge in [0.15, 0.2) is 17.3 Å². The third-order valence-electron chi connectivity index (χ3n) is 6.98. The van der Waals surface area contributed by atoms with Crippen molar-refractivity contribution in [3.8, 4) is 22.9 Å². The van der Waals surface area contributed by atoms with Crippen LogP contribution < -0.4 is 31.3 Å². The number of para-hydroxylation sites is 1. The van der Waals surface area contributed by atoms with Crippen LogP contribution in [0.25, 0.3) is 11.3 Å². The maximum Gasteiger partial charge on any atom is 0.271 e. The summed E-state index contributed by atoms with van der Waals surface area (Å²) < 4.78 is 13.1. The molecule has 11 nitrogen and oxygen atoms in total. The molecule has 1 amide bonds. The Hall–Kier alpha value is -4.24. The van der Waals surface area contributed by atoms with Gasteiger partial charge in [0, 0.05) is 24.7 Å². The second kappa shape index (κ2) is 10.7. The highest BCUT2D eigenvalue weighted by atomic mass is 31.1. The number of nitrogens with one attached hydrogen (secondary N) is 2. The van der Waals surface area contributed by atoms with Gasteiger partial charge >= 0.3 is 0 Å². The second-order valence-electron chi connectivity index (χ2n) is 9.94. The Balaban J connectivity index is 1.33. The van der Waals surface area contributed by atoms with Crippen molar-refractivity contribution >= 4 is 42.3 Å². The molecule has 6 rings (SSSR count). The molecular weight excluding hydrogens is 527 g/mol. The topological polar surface area (TPSA) is 142 Å². The third-order valence-corrected chi connectivity index (χ3v) is 10.5. The summed E-state index contributed by atoms with van der Waals surface area (Å²) in [6.45, 7) is 0. The number of aryl methyl sites for hydroxylation is 1. The number of ether oxygens (including phenoxy) is 2. The molecule has 2 aliphatic carbocycles. The van der Waals surface area contributed by atoms with Gasteiger partial charge in [0.25, 0.3) is 5.91 Å². The zero-order chi connectivity index (χ0) is 27.8. The molecule has 0 unspecified atom stereocenters. The van der Waals surface area contributed by atoms with Gasteiger partial charge in [0.1, 0.15) is 5.82 Å². The van der Waals surface area contributed by atoms with Crippen molar-refractivity contribution in [3.63, 3.8) is 0 Å². The van der Waals surface area contributed by atoms with E-state index in [9.17, 15) is 4.79 Å². The fraction of sp³-hybridized carbons (Fsp3) is 0.321. The molecule has 0 atom stereocenters. The number of aromatic nitrogens is 5. The Labute approximate surface area is 233 Å². The lowest BCUT2D eigenvalue weighted by molar-refractivity contribution is 0.0995. The molecule has 4 N–H and O–H groups in total. The van der Waals surface area contributed by atoms with Crippen LogP contribution in [0.15, 0.2) is 48.5 Å². The van der Waals surface area contributed by atoms with E-state index in [2.05, 4.69) is 36.6 Å². The van der Waals surface area contributed by atoms with Gasteiger partial charge in [0.05, 0.1) is 36.7 Å². The average molecular weight is 559 g/mol. The van der Waals surface area contributed by atoms with Crippen molar-refractivity contribution in [2.45, 2.75) is 37.0 Å². The molecule has 206 valence electrons. The molecule has 12 heteroatoms. The summed E-state index contributed by atoms with van der Waals surface area (Å²) in [5.74, 6) is 1.22. The first-order valence-corrected chi connectivity index (χ1v) is 14.7. The molecule has 3 heterocycles. The largest absolute Gasteiger partial charge is 0.494 e. The first-order valence-electron chi connectivity index (χ1n) is 13.2. The predicted octanol–water partition coefficient (Wildman–Crippen LogP) is 4.31. The van der Waals surface area contributed by atoms with Gasteiger partial charge in [-0.05, 0) is 69.2 Å². The first-order chi connectivity index (χ1) is 19.4. The second-order valence-corrected chi connectivity index (χ2v) is 12.7. The zero-order valence-electron chi connectivity index (χ0n) is 22.6. The summed E-state index contributed by atoms with van der Waals surface area (Å²) in [4.78, 5) is 16.6. The van der Waals surface area contributed by atoms with Crippen LogP contribution in [0.4, 0.5) is 23.0 Å². The minimum atomic E-state index is -0.709. The van der Waals surface area contributed by atoms with Gasteiger partial charge in [-0.1, -0.05) is 12.1 Å². The SMILES string of the molecule is COc1cccc(Nc2cc(Nc3cccc(-c4cc(P(C5CC5)C5CC5)n(C)n4)c3OC)c(C(N)=O)nn2)n1. The van der Waals surface area contributed by atoms with Crippen molar-refractivity contribution < 1.29 is 14.3 Å². The van der Waals surface area contributed by atoms with Crippen LogP contribution in [-0.4, -0.2) is 56.4 Å². The van der Waals surface area contributed by atoms with Gasteiger partial charge in [-0.2, -0.15) is 10.1 Å². The number of pyridine rings is 1. The minimum absolute atomic E-state index is 0.00348. The zero-order valence-corrected chi connectivity index (χ0v) is 23.5. The van der Waals surface area contributed by atoms with Crippen LogP contribution in [-0.2, 0) is 7.05 Å². The Morgan fingerprint density at radius 2 is 1.70 bits per heavy atom. The Morgan fingerprint density at radius 3 is 2.38 bits per heavy atom. The lowest BCUT2D eigenvalue weighted by Crippen LogP contribution is -2.17. The summed E-state index contributed by atoms with van der Waals surface area (Å²) in [6.07, 6.45) is 5.33. The quantitative estimate of drug-likeness (QED) is 0.230. The van der Waals surface area contributed by atoms with Crippen LogP contribution in [0, 0.1) is 0 Å². The highest BCUT2D eigenvalue weighted by Crippen LogP contribution is 2.63. The number of methoxy groups -OCH3 is 2. The van der Waals surface area contributed by atoms with Crippen molar-refractivity contribution in [1.82, 2.24) is 25.0 Å². The van der Waals surface area contributed by atoms with Crippen LogP contribution in [0.1, 0.15) is 36.2 Å². The van der Waals surface area contributed by atoms with E-state index in [1.807, 2.05) is 25.2 Å². The number of nitrogens with zero attached hydrogens (tertiary/aromatic N) is 5. The molecular formula is C28H31N8O3P. The fourth-order valence-corrected chi connectivity index (χ4v) is 8.28. The van der Waals surface area contributed by atoms with Gasteiger partial charge in [-0.3, -0.25) is 9.48 Å². The molecule has 2 fully saturated rings. The number of nitrogens with two attached hydrogens (primary N) is 1. The number of rotatable bonds is 11. The molecule has 0 aliphatic heterocycles. The minimum Gasteiger partial charge on any atom is -0.494 e. The van der Waals surface area contributed by atoms with Gasteiger partial charge in [-0.15, -0.1) is 10.2 Å². The number of hydrogen-bond donors (Lipinski definition) is 3. The smallest absolute Gasteiger partial charge is 0.271 e. The molecule has 40 heavy (non-hydrogen) atoms. The van der Waals surface area contributed by atoms with E-state index in [1.165, 1.54) is 31.1 Å². The lowest BCUT2D eigenvalue weighted by atomic mass is 10.1. The summed E-state index contributed by atoms with van der Waals surface area (Å²) in [6, 6.07) is 15.0. The standard InChI is InChI=1S/C28H31N8O3P/c1-36-25(40(16-10-11-16)17-12-13-17)15-20(35-36)18-6-4-7-19(27(18)39-3)30-21-14-23(33-34-26(21)28(29)37)31-22-8-5-9-24(32-22)38-2/h4-9,14-17H,10-13H2,1-3H3,(H2,29,37)(H2,30,31,32,33). The molecule has 0 spiro atoms. The Bertz CT molecular complexity index is 1560. The van der Waals surface area contributed by atoms with Crippen molar-refractivity contribution in [1.29, 1.82) is 0 Å². The summed E-state index contributed by atoms with van der Waals surface area (Å²) in [5, 5.41) is 19.4. The van der Waals surface area contributed by atoms with Crippen molar-refractivity contribution in [2.75, 3.05) is 24.9 Å². The number of carbonyl (C=O) groups is 1. The van der Waals surface area contributed by atoms with E-state index in [-0.39, 0.29) is 13.6 Å². The molecule has 0 bridgehead atoms. The van der Waals surface area contributed by atoms with Crippen molar-refractivity contribution in [3.05, 3.63) is 54.2 Å². The molecule has 2 saturated carbocycles. The van der Waals surface area contributed by atoms with E-state index < -0.39 is 5.91 Å². The highest BCUT2D eigenvalue weighted by molar-refractivity contribution is 7.67. The van der Waals surface area contributed by atoms with E-state index >= 15 is 0 Å². The number of benzene rings is 1. The van der Waals surface area contributed by atoms with E-state index in [4.69, 9.17) is 20.3 Å². The van der Waals surface area contributed by atoms with Gasteiger partial charge in [0.2, 0.25) is 5.88 Å². The maximum absolute atomic E-state index is 12.2. The summed E-state index contributed by atoms with van der Waals surface area (Å²) in [7, 11) is 5.02. The summed E-state index contributed by atoms with van der Waals surface area (Å²) >= 11 is 0. The van der Waals surface area contributed by atoms with Crippen LogP contribution in [0.3, 0.4) is 0 Å². The normalized spacial score (nSPS) is 14.7. The molecule has 0 saturated heterocycles. The molecule has 2 aliphatic rings.